The highest BCUT2D eigenvalue weighted by molar-refractivity contribution is 5.89. The van der Waals surface area contributed by atoms with E-state index in [0.29, 0.717) is 18.5 Å². The molecule has 1 heterocycles. The zero-order valence-electron chi connectivity index (χ0n) is 9.20. The molecular weight excluding hydrogens is 222 g/mol. The standard InChI is InChI=1S/C12H13NO4/c14-11(15)10-6-7-13(8-10)17-12(16)9-4-2-1-3-5-9/h1-5,10H,6-8H2,(H,14,15)/t10-/m0/s1. The van der Waals surface area contributed by atoms with Crippen LogP contribution in [0.1, 0.15) is 16.8 Å². The number of hydrogen-bond donors (Lipinski definition) is 1. The van der Waals surface area contributed by atoms with Crippen LogP contribution in [0.25, 0.3) is 0 Å². The van der Waals surface area contributed by atoms with E-state index < -0.39 is 17.9 Å². The first-order chi connectivity index (χ1) is 8.16. The second-order valence-corrected chi connectivity index (χ2v) is 3.96. The van der Waals surface area contributed by atoms with E-state index in [1.54, 1.807) is 24.3 Å². The minimum atomic E-state index is -0.844. The van der Waals surface area contributed by atoms with Crippen molar-refractivity contribution in [3.63, 3.8) is 0 Å². The van der Waals surface area contributed by atoms with Crippen molar-refractivity contribution in [1.29, 1.82) is 0 Å². The van der Waals surface area contributed by atoms with Gasteiger partial charge in [0.05, 0.1) is 11.5 Å². The fourth-order valence-electron chi connectivity index (χ4n) is 1.76. The summed E-state index contributed by atoms with van der Waals surface area (Å²) in [7, 11) is 0. The molecule has 0 unspecified atom stereocenters. The van der Waals surface area contributed by atoms with Crippen LogP contribution in [0.4, 0.5) is 0 Å². The molecule has 1 saturated heterocycles. The van der Waals surface area contributed by atoms with Gasteiger partial charge in [-0.2, -0.15) is 0 Å². The highest BCUT2D eigenvalue weighted by atomic mass is 16.7. The van der Waals surface area contributed by atoms with Gasteiger partial charge >= 0.3 is 11.9 Å². The van der Waals surface area contributed by atoms with Crippen LogP contribution in [-0.4, -0.2) is 35.2 Å². The molecule has 2 rings (SSSR count). The van der Waals surface area contributed by atoms with Crippen molar-refractivity contribution in [1.82, 2.24) is 5.06 Å². The first-order valence-corrected chi connectivity index (χ1v) is 5.42. The van der Waals surface area contributed by atoms with Gasteiger partial charge in [-0.25, -0.2) is 4.79 Å². The second-order valence-electron chi connectivity index (χ2n) is 3.96. The summed E-state index contributed by atoms with van der Waals surface area (Å²) in [5.74, 6) is -1.74. The van der Waals surface area contributed by atoms with Gasteiger partial charge in [0, 0.05) is 13.1 Å². The number of rotatable bonds is 3. The third-order valence-electron chi connectivity index (χ3n) is 2.72. The quantitative estimate of drug-likeness (QED) is 0.851. The number of hydrogen-bond acceptors (Lipinski definition) is 4. The lowest BCUT2D eigenvalue weighted by atomic mass is 10.1. The summed E-state index contributed by atoms with van der Waals surface area (Å²) in [5.41, 5.74) is 0.464. The zero-order chi connectivity index (χ0) is 12.3. The first-order valence-electron chi connectivity index (χ1n) is 5.42. The van der Waals surface area contributed by atoms with E-state index in [0.717, 1.165) is 0 Å². The number of benzene rings is 1. The number of carbonyl (C=O) groups excluding carboxylic acids is 1. The number of carboxylic acids is 1. The van der Waals surface area contributed by atoms with Crippen LogP contribution in [0, 0.1) is 5.92 Å². The molecule has 0 amide bonds. The lowest BCUT2D eigenvalue weighted by Gasteiger charge is -2.14. The van der Waals surface area contributed by atoms with Crippen LogP contribution in [-0.2, 0) is 9.63 Å². The minimum Gasteiger partial charge on any atom is -0.481 e. The van der Waals surface area contributed by atoms with Gasteiger partial charge in [-0.3, -0.25) is 4.79 Å². The molecule has 0 bridgehead atoms. The Morgan fingerprint density at radius 2 is 2.00 bits per heavy atom. The minimum absolute atomic E-state index is 0.258. The Kier molecular flexibility index (Phi) is 3.39. The van der Waals surface area contributed by atoms with E-state index in [2.05, 4.69) is 0 Å². The molecule has 90 valence electrons. The highest BCUT2D eigenvalue weighted by Crippen LogP contribution is 2.17. The van der Waals surface area contributed by atoms with Crippen molar-refractivity contribution in [2.24, 2.45) is 5.92 Å². The van der Waals surface area contributed by atoms with Gasteiger partial charge in [0.2, 0.25) is 0 Å². The van der Waals surface area contributed by atoms with Crippen molar-refractivity contribution in [2.75, 3.05) is 13.1 Å². The van der Waals surface area contributed by atoms with Crippen molar-refractivity contribution in [2.45, 2.75) is 6.42 Å². The fourth-order valence-corrected chi connectivity index (χ4v) is 1.76. The topological polar surface area (TPSA) is 66.8 Å². The largest absolute Gasteiger partial charge is 0.481 e. The molecule has 1 aliphatic heterocycles. The lowest BCUT2D eigenvalue weighted by molar-refractivity contribution is -0.143. The zero-order valence-corrected chi connectivity index (χ0v) is 9.20. The van der Waals surface area contributed by atoms with Crippen LogP contribution >= 0.6 is 0 Å². The highest BCUT2D eigenvalue weighted by Gasteiger charge is 2.30. The van der Waals surface area contributed by atoms with Gasteiger partial charge in [0.25, 0.3) is 0 Å². The molecule has 0 aromatic heterocycles. The molecular formula is C12H13NO4. The number of aliphatic carboxylic acids is 1. The SMILES string of the molecule is O=C(ON1CC[C@H](C(=O)O)C1)c1ccccc1. The van der Waals surface area contributed by atoms with Gasteiger partial charge < -0.3 is 9.94 Å². The predicted molar refractivity (Wildman–Crippen MR) is 59.2 cm³/mol. The number of carbonyl (C=O) groups is 2. The molecule has 5 heteroatoms. The van der Waals surface area contributed by atoms with Gasteiger partial charge in [0.1, 0.15) is 0 Å². The van der Waals surface area contributed by atoms with E-state index in [4.69, 9.17) is 9.94 Å². The van der Waals surface area contributed by atoms with Crippen LogP contribution in [0.3, 0.4) is 0 Å². The maximum absolute atomic E-state index is 11.7. The van der Waals surface area contributed by atoms with Crippen LogP contribution in [0.15, 0.2) is 30.3 Å². The normalized spacial score (nSPS) is 20.1. The molecule has 1 atom stereocenters. The lowest BCUT2D eigenvalue weighted by Crippen LogP contribution is -2.26. The van der Waals surface area contributed by atoms with E-state index in [1.807, 2.05) is 6.07 Å². The molecule has 1 aliphatic rings. The van der Waals surface area contributed by atoms with Crippen molar-refractivity contribution in [3.8, 4) is 0 Å². The van der Waals surface area contributed by atoms with Crippen LogP contribution < -0.4 is 0 Å². The maximum Gasteiger partial charge on any atom is 0.357 e. The Morgan fingerprint density at radius 1 is 1.29 bits per heavy atom. The van der Waals surface area contributed by atoms with Crippen LogP contribution in [0.5, 0.6) is 0 Å². The predicted octanol–water partition coefficient (Wildman–Crippen LogP) is 1.16. The number of nitrogens with zero attached hydrogens (tertiary/aromatic N) is 1. The Balaban J connectivity index is 1.91. The smallest absolute Gasteiger partial charge is 0.357 e. The summed E-state index contributed by atoms with van der Waals surface area (Å²) in [6, 6.07) is 8.63. The molecule has 5 nitrogen and oxygen atoms in total. The van der Waals surface area contributed by atoms with Gasteiger partial charge in [0.15, 0.2) is 0 Å². The average molecular weight is 235 g/mol. The van der Waals surface area contributed by atoms with Gasteiger partial charge in [-0.15, -0.1) is 5.06 Å². The van der Waals surface area contributed by atoms with Crippen molar-refractivity contribution < 1.29 is 19.5 Å². The third kappa shape index (κ3) is 2.82. The number of hydroxylamine groups is 2. The second kappa shape index (κ2) is 4.97. The van der Waals surface area contributed by atoms with E-state index >= 15 is 0 Å². The molecule has 0 saturated carbocycles. The Hall–Kier alpha value is -1.88. The Morgan fingerprint density at radius 3 is 2.59 bits per heavy atom. The van der Waals surface area contributed by atoms with Gasteiger partial charge in [-0.05, 0) is 18.6 Å². The molecule has 17 heavy (non-hydrogen) atoms. The maximum atomic E-state index is 11.7. The molecule has 1 fully saturated rings. The molecule has 0 aliphatic carbocycles. The first kappa shape index (κ1) is 11.6. The summed E-state index contributed by atoms with van der Waals surface area (Å²) in [6.07, 6.45) is 0.511. The van der Waals surface area contributed by atoms with Gasteiger partial charge in [-0.1, -0.05) is 18.2 Å². The fraction of sp³-hybridized carbons (Fsp3) is 0.333. The number of carboxylic acid groups (broad SMARTS) is 1. The molecule has 0 spiro atoms. The molecule has 1 N–H and O–H groups in total. The summed E-state index contributed by atoms with van der Waals surface area (Å²) >= 11 is 0. The average Bonchev–Trinajstić information content (AvgIpc) is 2.79. The van der Waals surface area contributed by atoms with Crippen molar-refractivity contribution >= 4 is 11.9 Å². The molecule has 1 aromatic carbocycles. The van der Waals surface area contributed by atoms with E-state index in [9.17, 15) is 9.59 Å². The summed E-state index contributed by atoms with van der Waals surface area (Å²) in [4.78, 5) is 27.5. The summed E-state index contributed by atoms with van der Waals surface area (Å²) in [6.45, 7) is 0.726. The van der Waals surface area contributed by atoms with E-state index in [1.165, 1.54) is 5.06 Å². The Labute approximate surface area is 98.6 Å². The molecule has 0 radical (unpaired) electrons. The summed E-state index contributed by atoms with van der Waals surface area (Å²) in [5, 5.41) is 10.2. The third-order valence-corrected chi connectivity index (χ3v) is 2.72. The van der Waals surface area contributed by atoms with E-state index in [-0.39, 0.29) is 6.54 Å². The van der Waals surface area contributed by atoms with Crippen molar-refractivity contribution in [3.05, 3.63) is 35.9 Å². The molecule has 1 aromatic rings. The monoisotopic (exact) mass is 235 g/mol. The van der Waals surface area contributed by atoms with Crippen LogP contribution in [0.2, 0.25) is 0 Å². The summed E-state index contributed by atoms with van der Waals surface area (Å²) < 4.78 is 0. The Bertz CT molecular complexity index is 418.